The molecule has 3 aromatic rings. The lowest BCUT2D eigenvalue weighted by Gasteiger charge is -2.09. The van der Waals surface area contributed by atoms with Crippen molar-refractivity contribution in [3.63, 3.8) is 0 Å². The number of urea groups is 1. The van der Waals surface area contributed by atoms with Crippen LogP contribution >= 0.6 is 11.3 Å². The molecule has 162 valence electrons. The van der Waals surface area contributed by atoms with Crippen molar-refractivity contribution in [2.45, 2.75) is 12.7 Å². The minimum Gasteiger partial charge on any atom is -0.457 e. The topological polar surface area (TPSA) is 118 Å². The van der Waals surface area contributed by atoms with Crippen LogP contribution < -0.4 is 20.7 Å². The van der Waals surface area contributed by atoms with E-state index in [4.69, 9.17) is 4.74 Å². The van der Waals surface area contributed by atoms with E-state index in [1.54, 1.807) is 30.3 Å². The molecule has 0 atom stereocenters. The molecule has 0 aliphatic carbocycles. The van der Waals surface area contributed by atoms with Gasteiger partial charge in [-0.05, 0) is 23.8 Å². The second kappa shape index (κ2) is 9.38. The maximum absolute atomic E-state index is 12.5. The van der Waals surface area contributed by atoms with Crippen molar-refractivity contribution in [1.82, 2.24) is 25.8 Å². The van der Waals surface area contributed by atoms with Crippen LogP contribution in [-0.4, -0.2) is 34.2 Å². The van der Waals surface area contributed by atoms with Crippen molar-refractivity contribution >= 4 is 28.4 Å². The maximum atomic E-state index is 12.5. The average Bonchev–Trinajstić information content (AvgIpc) is 3.22. The van der Waals surface area contributed by atoms with Crippen molar-refractivity contribution in [2.24, 2.45) is 0 Å². The third-order valence-corrected chi connectivity index (χ3v) is 4.57. The summed E-state index contributed by atoms with van der Waals surface area (Å²) in [5.74, 6) is 0.582. The molecule has 3 amide bonds. The van der Waals surface area contributed by atoms with Crippen molar-refractivity contribution in [3.8, 4) is 11.5 Å². The van der Waals surface area contributed by atoms with E-state index < -0.39 is 17.2 Å². The number of nitrogens with zero attached hydrogens (tertiary/aromatic N) is 3. The highest BCUT2D eigenvalue weighted by atomic mass is 32.1. The van der Waals surface area contributed by atoms with Gasteiger partial charge in [-0.3, -0.25) is 15.1 Å². The van der Waals surface area contributed by atoms with Gasteiger partial charge >= 0.3 is 12.2 Å². The van der Waals surface area contributed by atoms with Crippen LogP contribution in [0.5, 0.6) is 11.5 Å². The molecule has 0 aliphatic heterocycles. The summed E-state index contributed by atoms with van der Waals surface area (Å²) >= 11 is 0.232. The molecule has 9 nitrogen and oxygen atoms in total. The van der Waals surface area contributed by atoms with E-state index in [1.807, 2.05) is 0 Å². The van der Waals surface area contributed by atoms with Gasteiger partial charge in [-0.25, -0.2) is 4.79 Å². The summed E-state index contributed by atoms with van der Waals surface area (Å²) in [7, 11) is 1.50. The van der Waals surface area contributed by atoms with Crippen LogP contribution in [0.2, 0.25) is 0 Å². The Morgan fingerprint density at radius 1 is 1.10 bits per heavy atom. The number of ether oxygens (including phenoxy) is 1. The summed E-state index contributed by atoms with van der Waals surface area (Å²) in [6.45, 7) is 0.118. The van der Waals surface area contributed by atoms with Gasteiger partial charge in [0.2, 0.25) is 10.1 Å². The zero-order valence-corrected chi connectivity index (χ0v) is 16.7. The molecule has 2 heterocycles. The summed E-state index contributed by atoms with van der Waals surface area (Å²) in [4.78, 5) is 27.4. The molecule has 0 spiro atoms. The largest absolute Gasteiger partial charge is 0.457 e. The number of hydrogen-bond acceptors (Lipinski definition) is 7. The molecular formula is C18H15F3N6O3S. The van der Waals surface area contributed by atoms with E-state index in [0.29, 0.717) is 11.5 Å². The third kappa shape index (κ3) is 6.12. The van der Waals surface area contributed by atoms with Gasteiger partial charge in [0.15, 0.2) is 0 Å². The number of carbonyl (C=O) groups is 2. The van der Waals surface area contributed by atoms with Crippen molar-refractivity contribution in [1.29, 1.82) is 0 Å². The van der Waals surface area contributed by atoms with E-state index in [0.717, 1.165) is 5.56 Å². The summed E-state index contributed by atoms with van der Waals surface area (Å²) in [5, 5.41) is 12.0. The minimum atomic E-state index is -4.61. The number of anilines is 1. The first-order valence-electron chi connectivity index (χ1n) is 8.65. The maximum Gasteiger partial charge on any atom is 0.445 e. The van der Waals surface area contributed by atoms with Gasteiger partial charge in [-0.1, -0.05) is 23.5 Å². The highest BCUT2D eigenvalue weighted by Crippen LogP contribution is 2.32. The Kier molecular flexibility index (Phi) is 6.65. The second-order valence-electron chi connectivity index (χ2n) is 5.92. The number of nitrogens with one attached hydrogen (secondary N) is 3. The standard InChI is InChI=1S/C18H15F3N6O3S/c1-22-14(28)13-8-12(6-7-23-13)30-11-4-2-10(3-5-11)9-24-16(29)25-17-27-26-15(31-17)18(19,20)21/h2-8H,9H2,1H3,(H,22,28)(H2,24,25,27,29). The van der Waals surface area contributed by atoms with Gasteiger partial charge in [-0.2, -0.15) is 13.2 Å². The zero-order valence-electron chi connectivity index (χ0n) is 15.9. The number of amides is 3. The predicted octanol–water partition coefficient (Wildman–Crippen LogP) is 3.43. The molecule has 31 heavy (non-hydrogen) atoms. The Morgan fingerprint density at radius 2 is 1.84 bits per heavy atom. The lowest BCUT2D eigenvalue weighted by Crippen LogP contribution is -2.28. The number of carbonyl (C=O) groups excluding carboxylic acids is 2. The van der Waals surface area contributed by atoms with Gasteiger partial charge in [0, 0.05) is 25.9 Å². The Labute approximate surface area is 177 Å². The van der Waals surface area contributed by atoms with Crippen LogP contribution in [0.3, 0.4) is 0 Å². The summed E-state index contributed by atoms with van der Waals surface area (Å²) in [6.07, 6.45) is -3.16. The number of hydrogen-bond donors (Lipinski definition) is 3. The number of pyridine rings is 1. The first-order valence-corrected chi connectivity index (χ1v) is 9.47. The number of aromatic nitrogens is 3. The predicted molar refractivity (Wildman–Crippen MR) is 105 cm³/mol. The molecule has 1 aromatic carbocycles. The summed E-state index contributed by atoms with van der Waals surface area (Å²) in [5.41, 5.74) is 0.932. The Hall–Kier alpha value is -3.74. The van der Waals surface area contributed by atoms with E-state index in [9.17, 15) is 22.8 Å². The normalized spacial score (nSPS) is 11.0. The Bertz CT molecular complexity index is 1070. The van der Waals surface area contributed by atoms with E-state index in [2.05, 4.69) is 31.1 Å². The van der Waals surface area contributed by atoms with Crippen molar-refractivity contribution in [2.75, 3.05) is 12.4 Å². The van der Waals surface area contributed by atoms with Gasteiger partial charge in [0.25, 0.3) is 5.91 Å². The number of rotatable bonds is 6. The fraction of sp³-hybridized carbons (Fsp3) is 0.167. The molecule has 0 saturated heterocycles. The molecular weight excluding hydrogens is 437 g/mol. The van der Waals surface area contributed by atoms with Crippen molar-refractivity contribution < 1.29 is 27.5 Å². The number of alkyl halides is 3. The minimum absolute atomic E-state index is 0.118. The lowest BCUT2D eigenvalue weighted by molar-refractivity contribution is -0.138. The van der Waals surface area contributed by atoms with Gasteiger partial charge in [0.1, 0.15) is 17.2 Å². The van der Waals surface area contributed by atoms with E-state index in [1.165, 1.54) is 19.3 Å². The van der Waals surface area contributed by atoms with Crippen LogP contribution in [-0.2, 0) is 12.7 Å². The van der Waals surface area contributed by atoms with Crippen LogP contribution in [0.4, 0.5) is 23.1 Å². The Morgan fingerprint density at radius 3 is 2.48 bits per heavy atom. The first-order chi connectivity index (χ1) is 14.7. The molecule has 2 aromatic heterocycles. The molecule has 0 aliphatic rings. The van der Waals surface area contributed by atoms with Gasteiger partial charge in [0.05, 0.1) is 0 Å². The smallest absolute Gasteiger partial charge is 0.445 e. The molecule has 0 unspecified atom stereocenters. The van der Waals surface area contributed by atoms with E-state index >= 15 is 0 Å². The highest BCUT2D eigenvalue weighted by molar-refractivity contribution is 7.15. The SMILES string of the molecule is CNC(=O)c1cc(Oc2ccc(CNC(=O)Nc3nnc(C(F)(F)F)s3)cc2)ccn1. The Balaban J connectivity index is 1.52. The van der Waals surface area contributed by atoms with Gasteiger partial charge in [-0.15, -0.1) is 10.2 Å². The van der Waals surface area contributed by atoms with Crippen LogP contribution in [0.1, 0.15) is 21.1 Å². The first kappa shape index (κ1) is 22.0. The lowest BCUT2D eigenvalue weighted by atomic mass is 10.2. The van der Waals surface area contributed by atoms with Crippen molar-refractivity contribution in [3.05, 3.63) is 58.9 Å². The molecule has 0 saturated carbocycles. The number of halogens is 3. The monoisotopic (exact) mass is 452 g/mol. The molecule has 0 bridgehead atoms. The molecule has 0 radical (unpaired) electrons. The van der Waals surface area contributed by atoms with Crippen LogP contribution in [0.25, 0.3) is 0 Å². The zero-order chi connectivity index (χ0) is 22.4. The molecule has 13 heteroatoms. The van der Waals surface area contributed by atoms with Gasteiger partial charge < -0.3 is 15.4 Å². The van der Waals surface area contributed by atoms with Crippen LogP contribution in [0, 0.1) is 0 Å². The quantitative estimate of drug-likeness (QED) is 0.528. The third-order valence-electron chi connectivity index (χ3n) is 3.69. The summed E-state index contributed by atoms with van der Waals surface area (Å²) < 4.78 is 43.2. The van der Waals surface area contributed by atoms with Crippen LogP contribution in [0.15, 0.2) is 42.6 Å². The molecule has 3 N–H and O–H groups in total. The highest BCUT2D eigenvalue weighted by Gasteiger charge is 2.35. The van der Waals surface area contributed by atoms with E-state index in [-0.39, 0.29) is 34.6 Å². The molecule has 3 rings (SSSR count). The average molecular weight is 452 g/mol. The molecule has 0 fully saturated rings. The second-order valence-corrected chi connectivity index (χ2v) is 6.90. The fourth-order valence-electron chi connectivity index (χ4n) is 2.25. The summed E-state index contributed by atoms with van der Waals surface area (Å²) in [6, 6.07) is 9.10. The fourth-order valence-corrected chi connectivity index (χ4v) is 2.86. The number of benzene rings is 1.